The second-order valence-electron chi connectivity index (χ2n) is 3.48. The second-order valence-corrected chi connectivity index (χ2v) is 3.48. The summed E-state index contributed by atoms with van der Waals surface area (Å²) in [7, 11) is 1.20. The SMILES string of the molecule is CN(CCC#N)C(=O)N(CC(=O)O)CC(F)(F)F. The van der Waals surface area contributed by atoms with E-state index in [0.717, 1.165) is 4.90 Å². The van der Waals surface area contributed by atoms with Gasteiger partial charge in [0.2, 0.25) is 0 Å². The highest BCUT2D eigenvalue weighted by Crippen LogP contribution is 2.17. The van der Waals surface area contributed by atoms with Gasteiger partial charge in [-0.1, -0.05) is 0 Å². The molecule has 2 amide bonds. The first-order chi connectivity index (χ1) is 8.17. The van der Waals surface area contributed by atoms with Crippen molar-refractivity contribution in [3.63, 3.8) is 0 Å². The number of halogens is 3. The molecule has 0 aliphatic heterocycles. The van der Waals surface area contributed by atoms with Gasteiger partial charge in [0.1, 0.15) is 13.1 Å². The lowest BCUT2D eigenvalue weighted by molar-refractivity contribution is -0.149. The third kappa shape index (κ3) is 6.57. The van der Waals surface area contributed by atoms with Gasteiger partial charge in [0.05, 0.1) is 12.5 Å². The smallest absolute Gasteiger partial charge is 0.406 e. The molecular weight excluding hydrogens is 255 g/mol. The van der Waals surface area contributed by atoms with Crippen molar-refractivity contribution in [2.45, 2.75) is 12.6 Å². The number of nitrogens with zero attached hydrogens (tertiary/aromatic N) is 3. The summed E-state index contributed by atoms with van der Waals surface area (Å²) in [6.07, 6.45) is -4.73. The lowest BCUT2D eigenvalue weighted by Crippen LogP contribution is -2.47. The van der Waals surface area contributed by atoms with Gasteiger partial charge < -0.3 is 14.9 Å². The lowest BCUT2D eigenvalue weighted by atomic mass is 10.4. The predicted molar refractivity (Wildman–Crippen MR) is 53.5 cm³/mol. The van der Waals surface area contributed by atoms with Crippen LogP contribution in [0.2, 0.25) is 0 Å². The van der Waals surface area contributed by atoms with Crippen LogP contribution < -0.4 is 0 Å². The van der Waals surface area contributed by atoms with Gasteiger partial charge in [-0.2, -0.15) is 18.4 Å². The van der Waals surface area contributed by atoms with E-state index in [1.165, 1.54) is 7.05 Å². The number of nitriles is 1. The Kier molecular flexibility index (Phi) is 5.95. The molecule has 0 bridgehead atoms. The number of carboxylic acid groups (broad SMARTS) is 1. The van der Waals surface area contributed by atoms with E-state index in [1.807, 2.05) is 0 Å². The van der Waals surface area contributed by atoms with Crippen molar-refractivity contribution in [2.75, 3.05) is 26.7 Å². The summed E-state index contributed by atoms with van der Waals surface area (Å²) in [6, 6.07) is 0.652. The van der Waals surface area contributed by atoms with E-state index in [-0.39, 0.29) is 17.9 Å². The average molecular weight is 267 g/mol. The molecule has 0 aromatic heterocycles. The van der Waals surface area contributed by atoms with E-state index in [1.54, 1.807) is 6.07 Å². The maximum absolute atomic E-state index is 12.2. The number of urea groups is 1. The van der Waals surface area contributed by atoms with E-state index < -0.39 is 31.3 Å². The van der Waals surface area contributed by atoms with Crippen molar-refractivity contribution in [2.24, 2.45) is 0 Å². The molecule has 0 aromatic rings. The fourth-order valence-electron chi connectivity index (χ4n) is 1.13. The van der Waals surface area contributed by atoms with Gasteiger partial charge in [-0.05, 0) is 0 Å². The van der Waals surface area contributed by atoms with Gasteiger partial charge >= 0.3 is 18.2 Å². The fourth-order valence-corrected chi connectivity index (χ4v) is 1.13. The molecule has 0 rings (SSSR count). The number of alkyl halides is 3. The van der Waals surface area contributed by atoms with Crippen LogP contribution in [-0.4, -0.2) is 59.8 Å². The zero-order valence-electron chi connectivity index (χ0n) is 9.57. The van der Waals surface area contributed by atoms with Gasteiger partial charge in [0.15, 0.2) is 0 Å². The minimum atomic E-state index is -4.68. The standard InChI is InChI=1S/C9H12F3N3O3/c1-14(4-2-3-13)8(18)15(5-7(16)17)6-9(10,11)12/h2,4-6H2,1H3,(H,16,17). The van der Waals surface area contributed by atoms with Crippen molar-refractivity contribution in [3.8, 4) is 6.07 Å². The Morgan fingerprint density at radius 2 is 1.94 bits per heavy atom. The van der Waals surface area contributed by atoms with E-state index >= 15 is 0 Å². The average Bonchev–Trinajstić information content (AvgIpc) is 2.21. The summed E-state index contributed by atoms with van der Waals surface area (Å²) in [5.74, 6) is -1.54. The second kappa shape index (κ2) is 6.68. The highest BCUT2D eigenvalue weighted by molar-refractivity contribution is 5.80. The Hall–Kier alpha value is -1.98. The first kappa shape index (κ1) is 16.0. The monoisotopic (exact) mass is 267 g/mol. The van der Waals surface area contributed by atoms with Gasteiger partial charge in [-0.15, -0.1) is 0 Å². The zero-order chi connectivity index (χ0) is 14.3. The molecule has 0 aliphatic carbocycles. The van der Waals surface area contributed by atoms with Gasteiger partial charge in [0, 0.05) is 13.6 Å². The molecule has 0 heterocycles. The molecule has 0 atom stereocenters. The molecule has 0 saturated carbocycles. The van der Waals surface area contributed by atoms with Crippen LogP contribution in [0.1, 0.15) is 6.42 Å². The Morgan fingerprint density at radius 3 is 2.33 bits per heavy atom. The molecule has 0 aliphatic rings. The Morgan fingerprint density at radius 1 is 1.39 bits per heavy atom. The predicted octanol–water partition coefficient (Wildman–Crippen LogP) is 0.901. The van der Waals surface area contributed by atoms with E-state index in [0.29, 0.717) is 0 Å². The molecule has 102 valence electrons. The zero-order valence-corrected chi connectivity index (χ0v) is 9.57. The number of carboxylic acids is 1. The number of carbonyl (C=O) groups excluding carboxylic acids is 1. The molecule has 0 fully saturated rings. The molecule has 0 saturated heterocycles. The lowest BCUT2D eigenvalue weighted by Gasteiger charge is -2.27. The maximum Gasteiger partial charge on any atom is 0.406 e. The molecule has 6 nitrogen and oxygen atoms in total. The van der Waals surface area contributed by atoms with Crippen LogP contribution in [-0.2, 0) is 4.79 Å². The number of hydrogen-bond donors (Lipinski definition) is 1. The van der Waals surface area contributed by atoms with Crippen LogP contribution in [0.4, 0.5) is 18.0 Å². The van der Waals surface area contributed by atoms with E-state index in [4.69, 9.17) is 10.4 Å². The number of carbonyl (C=O) groups is 2. The number of amides is 2. The van der Waals surface area contributed by atoms with Crippen molar-refractivity contribution >= 4 is 12.0 Å². The number of aliphatic carboxylic acids is 1. The van der Waals surface area contributed by atoms with E-state index in [9.17, 15) is 22.8 Å². The summed E-state index contributed by atoms with van der Waals surface area (Å²) >= 11 is 0. The highest BCUT2D eigenvalue weighted by atomic mass is 19.4. The Labute approximate surface area is 101 Å². The Bertz CT molecular complexity index is 351. The quantitative estimate of drug-likeness (QED) is 0.802. The van der Waals surface area contributed by atoms with Crippen molar-refractivity contribution in [1.82, 2.24) is 9.80 Å². The summed E-state index contributed by atoms with van der Waals surface area (Å²) < 4.78 is 36.5. The summed E-state index contributed by atoms with van der Waals surface area (Å²) in [5.41, 5.74) is 0. The molecule has 1 N–H and O–H groups in total. The van der Waals surface area contributed by atoms with Gasteiger partial charge in [0.25, 0.3) is 0 Å². The summed E-state index contributed by atoms with van der Waals surface area (Å²) in [5, 5.41) is 16.7. The van der Waals surface area contributed by atoms with Crippen LogP contribution in [0.3, 0.4) is 0 Å². The third-order valence-electron chi connectivity index (χ3n) is 1.85. The van der Waals surface area contributed by atoms with Crippen LogP contribution in [0.15, 0.2) is 0 Å². The Balaban J connectivity index is 4.69. The topological polar surface area (TPSA) is 84.6 Å². The molecule has 0 spiro atoms. The summed E-state index contributed by atoms with van der Waals surface area (Å²) in [6.45, 7) is -2.76. The minimum absolute atomic E-state index is 0.0465. The van der Waals surface area contributed by atoms with Crippen molar-refractivity contribution < 1.29 is 27.9 Å². The normalized spacial score (nSPS) is 10.6. The van der Waals surface area contributed by atoms with Crippen LogP contribution in [0, 0.1) is 11.3 Å². The molecule has 0 radical (unpaired) electrons. The molecule has 0 aromatic carbocycles. The first-order valence-electron chi connectivity index (χ1n) is 4.83. The van der Waals surface area contributed by atoms with Crippen LogP contribution in [0.25, 0.3) is 0 Å². The largest absolute Gasteiger partial charge is 0.480 e. The fraction of sp³-hybridized carbons (Fsp3) is 0.667. The third-order valence-corrected chi connectivity index (χ3v) is 1.85. The number of hydrogen-bond acceptors (Lipinski definition) is 3. The number of rotatable bonds is 5. The maximum atomic E-state index is 12.2. The molecule has 0 unspecified atom stereocenters. The molecular formula is C9H12F3N3O3. The van der Waals surface area contributed by atoms with E-state index in [2.05, 4.69) is 0 Å². The van der Waals surface area contributed by atoms with Crippen molar-refractivity contribution in [3.05, 3.63) is 0 Å². The molecule has 18 heavy (non-hydrogen) atoms. The van der Waals surface area contributed by atoms with Crippen LogP contribution in [0.5, 0.6) is 0 Å². The first-order valence-corrected chi connectivity index (χ1v) is 4.83. The highest BCUT2D eigenvalue weighted by Gasteiger charge is 2.34. The molecule has 9 heteroatoms. The summed E-state index contributed by atoms with van der Waals surface area (Å²) in [4.78, 5) is 23.0. The van der Waals surface area contributed by atoms with Crippen LogP contribution >= 0.6 is 0 Å². The van der Waals surface area contributed by atoms with Gasteiger partial charge in [-0.25, -0.2) is 4.79 Å². The van der Waals surface area contributed by atoms with Crippen molar-refractivity contribution in [1.29, 1.82) is 5.26 Å². The minimum Gasteiger partial charge on any atom is -0.480 e. The van der Waals surface area contributed by atoms with Gasteiger partial charge in [-0.3, -0.25) is 4.79 Å².